The van der Waals surface area contributed by atoms with E-state index in [2.05, 4.69) is 19.1 Å². The van der Waals surface area contributed by atoms with E-state index < -0.39 is 0 Å². The molecule has 28 heavy (non-hydrogen) atoms. The number of nitriles is 2. The number of ketones is 1. The third-order valence-corrected chi connectivity index (χ3v) is 6.62. The van der Waals surface area contributed by atoms with Crippen LogP contribution in [0.15, 0.2) is 0 Å². The third kappa shape index (κ3) is 7.21. The van der Waals surface area contributed by atoms with E-state index in [1.807, 2.05) is 0 Å². The number of hydrogen-bond acceptors (Lipinski definition) is 4. The molecule has 4 nitrogen and oxygen atoms in total. The van der Waals surface area contributed by atoms with Gasteiger partial charge in [-0.2, -0.15) is 10.5 Å². The van der Waals surface area contributed by atoms with E-state index in [-0.39, 0.29) is 35.7 Å². The van der Waals surface area contributed by atoms with E-state index in [4.69, 9.17) is 4.74 Å². The summed E-state index contributed by atoms with van der Waals surface area (Å²) in [6.45, 7) is 2.24. The molecule has 0 aromatic carbocycles. The van der Waals surface area contributed by atoms with Gasteiger partial charge >= 0.3 is 0 Å². The fourth-order valence-corrected chi connectivity index (χ4v) is 4.84. The van der Waals surface area contributed by atoms with Gasteiger partial charge in [0.1, 0.15) is 6.10 Å². The second-order valence-electron chi connectivity index (χ2n) is 8.85. The number of rotatable bonds is 14. The summed E-state index contributed by atoms with van der Waals surface area (Å²) in [4.78, 5) is 12.5. The molecule has 3 fully saturated rings. The first-order valence-corrected chi connectivity index (χ1v) is 11.7. The number of fused-ring (bicyclic) bond motifs is 3. The molecular formula is C24H38N2O2. The van der Waals surface area contributed by atoms with E-state index in [1.54, 1.807) is 0 Å². The molecule has 2 bridgehead atoms. The van der Waals surface area contributed by atoms with Gasteiger partial charge in [-0.3, -0.25) is 4.79 Å². The Balaban J connectivity index is 1.54. The van der Waals surface area contributed by atoms with Crippen molar-refractivity contribution in [1.29, 1.82) is 10.5 Å². The highest BCUT2D eigenvalue weighted by Crippen LogP contribution is 2.41. The normalized spacial score (nSPS) is 27.1. The highest BCUT2D eigenvalue weighted by atomic mass is 16.5. The largest absolute Gasteiger partial charge is 0.366 e. The topological polar surface area (TPSA) is 73.9 Å². The summed E-state index contributed by atoms with van der Waals surface area (Å²) in [6, 6.07) is 4.79. The lowest BCUT2D eigenvalue weighted by Gasteiger charge is -2.44. The van der Waals surface area contributed by atoms with E-state index in [9.17, 15) is 15.3 Å². The van der Waals surface area contributed by atoms with Crippen LogP contribution >= 0.6 is 0 Å². The van der Waals surface area contributed by atoms with Crippen LogP contribution in [0, 0.1) is 40.4 Å². The quantitative estimate of drug-likeness (QED) is 0.338. The van der Waals surface area contributed by atoms with Crippen LogP contribution in [0.25, 0.3) is 0 Å². The Kier molecular flexibility index (Phi) is 10.6. The highest BCUT2D eigenvalue weighted by molar-refractivity contribution is 5.83. The van der Waals surface area contributed by atoms with E-state index in [0.29, 0.717) is 6.42 Å². The monoisotopic (exact) mass is 386 g/mol. The number of carbonyl (C=O) groups excluding carboxylic acids is 1. The number of Topliss-reactive ketones (excluding diaryl/α,β-unsaturated/α-hetero) is 1. The zero-order valence-corrected chi connectivity index (χ0v) is 17.7. The predicted molar refractivity (Wildman–Crippen MR) is 110 cm³/mol. The van der Waals surface area contributed by atoms with Crippen molar-refractivity contribution in [2.45, 2.75) is 115 Å². The van der Waals surface area contributed by atoms with Crippen molar-refractivity contribution in [3.05, 3.63) is 0 Å². The summed E-state index contributed by atoms with van der Waals surface area (Å²) in [5.41, 5.74) is 0. The summed E-state index contributed by atoms with van der Waals surface area (Å²) >= 11 is 0. The maximum absolute atomic E-state index is 12.5. The van der Waals surface area contributed by atoms with Crippen LogP contribution in [0.5, 0.6) is 0 Å². The second-order valence-corrected chi connectivity index (χ2v) is 8.85. The van der Waals surface area contributed by atoms with Gasteiger partial charge < -0.3 is 4.74 Å². The molecule has 1 aliphatic carbocycles. The molecule has 2 saturated heterocycles. The summed E-state index contributed by atoms with van der Waals surface area (Å²) in [5.74, 6) is 0.577. The molecule has 3 aliphatic rings. The molecule has 4 heteroatoms. The van der Waals surface area contributed by atoms with Crippen molar-refractivity contribution < 1.29 is 9.53 Å². The van der Waals surface area contributed by atoms with E-state index in [1.165, 1.54) is 38.5 Å². The predicted octanol–water partition coefficient (Wildman–Crippen LogP) is 6.10. The lowest BCUT2D eigenvalue weighted by Crippen LogP contribution is -2.49. The molecule has 1 saturated carbocycles. The number of hydrogen-bond donors (Lipinski definition) is 0. The molecule has 5 unspecified atom stereocenters. The Morgan fingerprint density at radius 2 is 1.68 bits per heavy atom. The van der Waals surface area contributed by atoms with Gasteiger partial charge in [-0.05, 0) is 44.4 Å². The Hall–Kier alpha value is -1.39. The Labute approximate surface area is 171 Å². The molecule has 2 aliphatic heterocycles. The molecule has 3 rings (SSSR count). The van der Waals surface area contributed by atoms with Crippen LogP contribution in [0.4, 0.5) is 0 Å². The van der Waals surface area contributed by atoms with Crippen LogP contribution in [-0.4, -0.2) is 18.0 Å². The molecule has 156 valence electrons. The van der Waals surface area contributed by atoms with Gasteiger partial charge in [0.2, 0.25) is 0 Å². The minimum atomic E-state index is -0.275. The molecule has 0 aromatic rings. The highest BCUT2D eigenvalue weighted by Gasteiger charge is 2.45. The number of nitrogens with zero attached hydrogens (tertiary/aromatic N) is 2. The maximum atomic E-state index is 12.5. The third-order valence-electron chi connectivity index (χ3n) is 6.62. The maximum Gasteiger partial charge on any atom is 0.161 e. The van der Waals surface area contributed by atoms with Gasteiger partial charge in [-0.25, -0.2) is 0 Å². The van der Waals surface area contributed by atoms with Gasteiger partial charge in [0, 0.05) is 12.3 Å². The number of ether oxygens (including phenoxy) is 1. The minimum Gasteiger partial charge on any atom is -0.366 e. The van der Waals surface area contributed by atoms with Gasteiger partial charge in [0.15, 0.2) is 5.78 Å². The van der Waals surface area contributed by atoms with Crippen molar-refractivity contribution >= 4 is 5.78 Å². The van der Waals surface area contributed by atoms with Gasteiger partial charge in [0.05, 0.1) is 24.2 Å². The fraction of sp³-hybridized carbons (Fsp3) is 0.875. The molecule has 5 atom stereocenters. The minimum absolute atomic E-state index is 0.0224. The fourth-order valence-electron chi connectivity index (χ4n) is 4.84. The first-order valence-electron chi connectivity index (χ1n) is 11.7. The SMILES string of the molecule is CCCCCCCCCC(C#N)CCCCC(=O)C1OC2CCC1CC2C#N. The van der Waals surface area contributed by atoms with Crippen molar-refractivity contribution in [3.63, 3.8) is 0 Å². The first-order chi connectivity index (χ1) is 13.7. The molecule has 0 amide bonds. The van der Waals surface area contributed by atoms with Crippen molar-refractivity contribution in [3.8, 4) is 12.1 Å². The second kappa shape index (κ2) is 12.9. The average Bonchev–Trinajstić information content (AvgIpc) is 2.74. The van der Waals surface area contributed by atoms with Crippen LogP contribution < -0.4 is 0 Å². The van der Waals surface area contributed by atoms with Crippen LogP contribution in [0.3, 0.4) is 0 Å². The number of carbonyl (C=O) groups is 1. The molecule has 0 spiro atoms. The standard InChI is InChI=1S/C24H38N2O2/c1-2-3-4-5-6-7-8-11-19(17-25)12-9-10-13-22(27)24-20-14-15-23(28-24)21(16-20)18-26/h19-21,23-24H,2-16H2,1H3. The molecular weight excluding hydrogens is 348 g/mol. The molecule has 0 N–H and O–H groups in total. The van der Waals surface area contributed by atoms with Gasteiger partial charge in [0.25, 0.3) is 0 Å². The molecule has 0 aromatic heterocycles. The summed E-state index contributed by atoms with van der Waals surface area (Å²) in [7, 11) is 0. The van der Waals surface area contributed by atoms with E-state index >= 15 is 0 Å². The Bertz CT molecular complexity index is 548. The van der Waals surface area contributed by atoms with Crippen LogP contribution in [0.2, 0.25) is 0 Å². The van der Waals surface area contributed by atoms with Gasteiger partial charge in [-0.15, -0.1) is 0 Å². The van der Waals surface area contributed by atoms with Gasteiger partial charge in [-0.1, -0.05) is 58.3 Å². The molecule has 0 radical (unpaired) electrons. The smallest absolute Gasteiger partial charge is 0.161 e. The van der Waals surface area contributed by atoms with Crippen molar-refractivity contribution in [2.75, 3.05) is 0 Å². The van der Waals surface area contributed by atoms with Crippen molar-refractivity contribution in [1.82, 2.24) is 0 Å². The number of unbranched alkanes of at least 4 members (excludes halogenated alkanes) is 7. The zero-order valence-electron chi connectivity index (χ0n) is 17.7. The first kappa shape index (κ1) is 22.9. The van der Waals surface area contributed by atoms with E-state index in [0.717, 1.165) is 51.4 Å². The Morgan fingerprint density at radius 1 is 1.00 bits per heavy atom. The average molecular weight is 387 g/mol. The Morgan fingerprint density at radius 3 is 2.29 bits per heavy atom. The lowest BCUT2D eigenvalue weighted by atomic mass is 9.73. The van der Waals surface area contributed by atoms with Crippen LogP contribution in [0.1, 0.15) is 103 Å². The lowest BCUT2D eigenvalue weighted by molar-refractivity contribution is -0.166. The zero-order chi connectivity index (χ0) is 20.2. The van der Waals surface area contributed by atoms with Crippen LogP contribution in [-0.2, 0) is 9.53 Å². The summed E-state index contributed by atoms with van der Waals surface area (Å²) in [5, 5.41) is 18.5. The van der Waals surface area contributed by atoms with Crippen molar-refractivity contribution in [2.24, 2.45) is 17.8 Å². The molecule has 2 heterocycles. The summed E-state index contributed by atoms with van der Waals surface area (Å²) in [6.07, 6.45) is 15.7. The summed E-state index contributed by atoms with van der Waals surface area (Å²) < 4.78 is 5.93.